The zero-order valence-corrected chi connectivity index (χ0v) is 9.10. The fourth-order valence-corrected chi connectivity index (χ4v) is 2.10. The van der Waals surface area contributed by atoms with Crippen LogP contribution in [0.25, 0.3) is 10.9 Å². The van der Waals surface area contributed by atoms with Crippen molar-refractivity contribution >= 4 is 16.8 Å². The Bertz CT molecular complexity index is 581. The van der Waals surface area contributed by atoms with Crippen molar-refractivity contribution in [1.82, 2.24) is 9.78 Å². The van der Waals surface area contributed by atoms with Crippen molar-refractivity contribution < 1.29 is 4.79 Å². The van der Waals surface area contributed by atoms with Gasteiger partial charge in [0.05, 0.1) is 11.2 Å². The third-order valence-electron chi connectivity index (χ3n) is 3.13. The maximum atomic E-state index is 11.1. The van der Waals surface area contributed by atoms with E-state index in [0.717, 1.165) is 16.6 Å². The summed E-state index contributed by atoms with van der Waals surface area (Å²) in [5, 5.41) is 5.66. The van der Waals surface area contributed by atoms with E-state index >= 15 is 0 Å². The molecule has 1 aliphatic rings. The summed E-state index contributed by atoms with van der Waals surface area (Å²) in [4.78, 5) is 11.1. The van der Waals surface area contributed by atoms with Gasteiger partial charge in [-0.25, -0.2) is 0 Å². The number of carbonyl (C=O) groups is 1. The first-order chi connectivity index (χ1) is 7.66. The Morgan fingerprint density at radius 2 is 2.25 bits per heavy atom. The van der Waals surface area contributed by atoms with Crippen LogP contribution in [0.1, 0.15) is 34.8 Å². The van der Waals surface area contributed by atoms with Gasteiger partial charge in [0, 0.05) is 23.9 Å². The van der Waals surface area contributed by atoms with Gasteiger partial charge in [0.15, 0.2) is 0 Å². The highest BCUT2D eigenvalue weighted by atomic mass is 16.1. The molecule has 16 heavy (non-hydrogen) atoms. The molecule has 0 atom stereocenters. The van der Waals surface area contributed by atoms with Gasteiger partial charge in [-0.3, -0.25) is 9.48 Å². The van der Waals surface area contributed by atoms with Gasteiger partial charge in [-0.2, -0.15) is 5.10 Å². The van der Waals surface area contributed by atoms with E-state index < -0.39 is 5.91 Å². The molecular formula is C12H13N3O. The summed E-state index contributed by atoms with van der Waals surface area (Å²) >= 11 is 0. The van der Waals surface area contributed by atoms with Gasteiger partial charge in [0.1, 0.15) is 0 Å². The smallest absolute Gasteiger partial charge is 0.248 e. The van der Waals surface area contributed by atoms with Crippen LogP contribution in [-0.4, -0.2) is 15.7 Å². The van der Waals surface area contributed by atoms with Crippen LogP contribution in [0, 0.1) is 0 Å². The summed E-state index contributed by atoms with van der Waals surface area (Å²) in [5.41, 5.74) is 7.95. The molecule has 0 spiro atoms. The minimum absolute atomic E-state index is 0.393. The van der Waals surface area contributed by atoms with E-state index in [1.807, 2.05) is 23.9 Å². The van der Waals surface area contributed by atoms with Crippen molar-refractivity contribution in [2.24, 2.45) is 12.8 Å². The number of hydrogen-bond acceptors (Lipinski definition) is 2. The fourth-order valence-electron chi connectivity index (χ4n) is 2.10. The molecule has 1 aliphatic carbocycles. The highest BCUT2D eigenvalue weighted by Crippen LogP contribution is 2.42. The van der Waals surface area contributed by atoms with Gasteiger partial charge in [0.25, 0.3) is 0 Å². The average molecular weight is 215 g/mol. The van der Waals surface area contributed by atoms with E-state index in [0.29, 0.717) is 11.5 Å². The second-order valence-corrected chi connectivity index (χ2v) is 4.38. The third kappa shape index (κ3) is 1.30. The van der Waals surface area contributed by atoms with Crippen LogP contribution in [0.4, 0.5) is 0 Å². The summed E-state index contributed by atoms with van der Waals surface area (Å²) in [7, 11) is 1.90. The third-order valence-corrected chi connectivity index (χ3v) is 3.13. The van der Waals surface area contributed by atoms with Crippen LogP contribution in [0.2, 0.25) is 0 Å². The second-order valence-electron chi connectivity index (χ2n) is 4.38. The monoisotopic (exact) mass is 215 g/mol. The summed E-state index contributed by atoms with van der Waals surface area (Å²) < 4.78 is 1.83. The summed E-state index contributed by atoms with van der Waals surface area (Å²) in [6.07, 6.45) is 2.45. The minimum Gasteiger partial charge on any atom is -0.366 e. The van der Waals surface area contributed by atoms with Crippen molar-refractivity contribution in [2.75, 3.05) is 0 Å². The summed E-state index contributed by atoms with van der Waals surface area (Å²) in [6, 6.07) is 5.55. The number of primary amides is 1. The van der Waals surface area contributed by atoms with Gasteiger partial charge >= 0.3 is 0 Å². The largest absolute Gasteiger partial charge is 0.366 e. The number of carbonyl (C=O) groups excluding carboxylic acids is 1. The molecule has 0 radical (unpaired) electrons. The topological polar surface area (TPSA) is 60.9 Å². The quantitative estimate of drug-likeness (QED) is 0.826. The lowest BCUT2D eigenvalue weighted by atomic mass is 10.1. The van der Waals surface area contributed by atoms with Crippen molar-refractivity contribution in [3.8, 4) is 0 Å². The number of hydrogen-bond donors (Lipinski definition) is 1. The van der Waals surface area contributed by atoms with Crippen molar-refractivity contribution in [2.45, 2.75) is 18.8 Å². The van der Waals surface area contributed by atoms with E-state index in [-0.39, 0.29) is 0 Å². The van der Waals surface area contributed by atoms with Crippen molar-refractivity contribution in [1.29, 1.82) is 0 Å². The lowest BCUT2D eigenvalue weighted by Gasteiger charge is -1.97. The van der Waals surface area contributed by atoms with E-state index in [1.54, 1.807) is 6.07 Å². The first-order valence-electron chi connectivity index (χ1n) is 5.43. The Labute approximate surface area is 93.0 Å². The number of amides is 1. The average Bonchev–Trinajstić information content (AvgIpc) is 3.04. The highest BCUT2D eigenvalue weighted by Gasteiger charge is 2.28. The molecule has 1 aromatic heterocycles. The molecular weight excluding hydrogens is 202 g/mol. The number of nitrogens with two attached hydrogens (primary N) is 1. The molecule has 1 fully saturated rings. The number of benzene rings is 1. The molecule has 2 N–H and O–H groups in total. The normalized spacial score (nSPS) is 15.6. The van der Waals surface area contributed by atoms with Crippen molar-refractivity contribution in [3.63, 3.8) is 0 Å². The lowest BCUT2D eigenvalue weighted by Crippen LogP contribution is -2.10. The number of aryl methyl sites for hydroxylation is 1. The van der Waals surface area contributed by atoms with Crippen LogP contribution >= 0.6 is 0 Å². The number of rotatable bonds is 2. The standard InChI is InChI=1S/C12H13N3O/c1-15-10-6-8(12(13)16)4-5-9(10)11(14-15)7-2-3-7/h4-7H,2-3H2,1H3,(H2,13,16). The number of fused-ring (bicyclic) bond motifs is 1. The van der Waals surface area contributed by atoms with Crippen LogP contribution in [0.5, 0.6) is 0 Å². The van der Waals surface area contributed by atoms with Gasteiger partial charge in [0.2, 0.25) is 5.91 Å². The molecule has 4 nitrogen and oxygen atoms in total. The molecule has 0 saturated heterocycles. The van der Waals surface area contributed by atoms with Gasteiger partial charge in [-0.1, -0.05) is 6.07 Å². The van der Waals surface area contributed by atoms with Crippen molar-refractivity contribution in [3.05, 3.63) is 29.5 Å². The van der Waals surface area contributed by atoms with Crippen LogP contribution in [0.15, 0.2) is 18.2 Å². The molecule has 1 amide bonds. The minimum atomic E-state index is -0.393. The van der Waals surface area contributed by atoms with Crippen LogP contribution in [-0.2, 0) is 7.05 Å². The molecule has 1 saturated carbocycles. The second kappa shape index (κ2) is 3.07. The maximum Gasteiger partial charge on any atom is 0.248 e. The Hall–Kier alpha value is -1.84. The summed E-state index contributed by atoms with van der Waals surface area (Å²) in [6.45, 7) is 0. The summed E-state index contributed by atoms with van der Waals surface area (Å²) in [5.74, 6) is 0.221. The Morgan fingerprint density at radius 3 is 2.88 bits per heavy atom. The Morgan fingerprint density at radius 1 is 1.50 bits per heavy atom. The van der Waals surface area contributed by atoms with Crippen LogP contribution < -0.4 is 5.73 Å². The highest BCUT2D eigenvalue weighted by molar-refractivity contribution is 5.97. The van der Waals surface area contributed by atoms with Gasteiger partial charge < -0.3 is 5.73 Å². The molecule has 2 aromatic rings. The molecule has 3 rings (SSSR count). The first kappa shape index (κ1) is 9.39. The predicted molar refractivity (Wildman–Crippen MR) is 61.2 cm³/mol. The van der Waals surface area contributed by atoms with E-state index in [1.165, 1.54) is 12.8 Å². The van der Waals surface area contributed by atoms with E-state index in [4.69, 9.17) is 5.73 Å². The van der Waals surface area contributed by atoms with E-state index in [2.05, 4.69) is 5.10 Å². The lowest BCUT2D eigenvalue weighted by molar-refractivity contribution is 0.100. The molecule has 1 heterocycles. The van der Waals surface area contributed by atoms with Crippen LogP contribution in [0.3, 0.4) is 0 Å². The fraction of sp³-hybridized carbons (Fsp3) is 0.333. The van der Waals surface area contributed by atoms with E-state index in [9.17, 15) is 4.79 Å². The number of nitrogens with zero attached hydrogens (tertiary/aromatic N) is 2. The zero-order valence-electron chi connectivity index (χ0n) is 9.10. The molecule has 0 unspecified atom stereocenters. The molecule has 4 heteroatoms. The predicted octanol–water partition coefficient (Wildman–Crippen LogP) is 1.55. The molecule has 1 aromatic carbocycles. The molecule has 0 aliphatic heterocycles. The zero-order chi connectivity index (χ0) is 11.3. The SMILES string of the molecule is Cn1nc(C2CC2)c2ccc(C(N)=O)cc21. The molecule has 0 bridgehead atoms. The maximum absolute atomic E-state index is 11.1. The van der Waals surface area contributed by atoms with Gasteiger partial charge in [-0.15, -0.1) is 0 Å². The first-order valence-corrected chi connectivity index (χ1v) is 5.43. The number of aromatic nitrogens is 2. The van der Waals surface area contributed by atoms with Gasteiger partial charge in [-0.05, 0) is 25.0 Å². The Kier molecular flexibility index (Phi) is 1.80. The molecule has 82 valence electrons. The Balaban J connectivity index is 2.24.